The van der Waals surface area contributed by atoms with Gasteiger partial charge in [0.25, 0.3) is 0 Å². The third-order valence-corrected chi connectivity index (χ3v) is 6.66. The number of pyridine rings is 1. The van der Waals surface area contributed by atoms with Crippen molar-refractivity contribution in [2.75, 3.05) is 12.3 Å². The summed E-state index contributed by atoms with van der Waals surface area (Å²) >= 11 is 0. The molecule has 0 aliphatic heterocycles. The van der Waals surface area contributed by atoms with Crippen LogP contribution in [0.4, 0.5) is 0 Å². The van der Waals surface area contributed by atoms with Crippen LogP contribution in [-0.4, -0.2) is 17.3 Å². The number of rotatable bonds is 13. The van der Waals surface area contributed by atoms with E-state index in [1.54, 1.807) is 0 Å². The highest BCUT2D eigenvalue weighted by Gasteiger charge is 2.11. The zero-order chi connectivity index (χ0) is 15.2. The lowest BCUT2D eigenvalue weighted by Gasteiger charge is -2.17. The van der Waals surface area contributed by atoms with Crippen LogP contribution in [0.1, 0.15) is 78.1 Å². The summed E-state index contributed by atoms with van der Waals surface area (Å²) in [6.45, 7) is 4.58. The first-order chi connectivity index (χ1) is 10.4. The molecule has 1 rings (SSSR count). The monoisotopic (exact) mass is 307 g/mol. The molecule has 0 saturated carbocycles. The summed E-state index contributed by atoms with van der Waals surface area (Å²) in [5.41, 5.74) is 1.39. The average Bonchev–Trinajstić information content (AvgIpc) is 2.53. The first kappa shape index (κ1) is 18.6. The lowest BCUT2D eigenvalue weighted by atomic mass is 10.2. The Balaban J connectivity index is 2.32. The van der Waals surface area contributed by atoms with Gasteiger partial charge in [-0.05, 0) is 37.3 Å². The number of hydrogen-bond donors (Lipinski definition) is 0. The highest BCUT2D eigenvalue weighted by molar-refractivity contribution is 7.65. The molecule has 0 aliphatic rings. The largest absolute Gasteiger partial charge is 0.257 e. The highest BCUT2D eigenvalue weighted by Crippen LogP contribution is 2.36. The summed E-state index contributed by atoms with van der Waals surface area (Å²) in [5.74, 6) is 0. The molecule has 0 atom stereocenters. The molecule has 120 valence electrons. The molecule has 0 aromatic carbocycles. The fourth-order valence-electron chi connectivity index (χ4n) is 2.69. The first-order valence-electron chi connectivity index (χ1n) is 9.04. The Hall–Kier alpha value is -0.420. The van der Waals surface area contributed by atoms with Gasteiger partial charge in [-0.25, -0.2) is 0 Å². The molecule has 1 heterocycles. The zero-order valence-electron chi connectivity index (χ0n) is 14.2. The van der Waals surface area contributed by atoms with Crippen molar-refractivity contribution in [2.45, 2.75) is 78.1 Å². The first-order valence-corrected chi connectivity index (χ1v) is 10.8. The van der Waals surface area contributed by atoms with Crippen LogP contribution in [0.15, 0.2) is 24.4 Å². The van der Waals surface area contributed by atoms with Crippen molar-refractivity contribution in [1.82, 2.24) is 4.98 Å². The second kappa shape index (κ2) is 13.3. The van der Waals surface area contributed by atoms with Gasteiger partial charge in [0, 0.05) is 6.20 Å². The SMILES string of the molecule is CCCCCCCP(CCCCCCC)c1ccccn1. The number of hydrogen-bond acceptors (Lipinski definition) is 1. The Morgan fingerprint density at radius 3 is 1.81 bits per heavy atom. The van der Waals surface area contributed by atoms with E-state index in [9.17, 15) is 0 Å². The molecule has 21 heavy (non-hydrogen) atoms. The molecule has 0 unspecified atom stereocenters. The topological polar surface area (TPSA) is 12.9 Å². The predicted octanol–water partition coefficient (Wildman–Crippen LogP) is 6.13. The smallest absolute Gasteiger partial charge is 0.0630 e. The summed E-state index contributed by atoms with van der Waals surface area (Å²) in [5, 5.41) is 0. The quantitative estimate of drug-likeness (QED) is 0.315. The predicted molar refractivity (Wildman–Crippen MR) is 98.0 cm³/mol. The summed E-state index contributed by atoms with van der Waals surface area (Å²) in [6, 6.07) is 6.45. The van der Waals surface area contributed by atoms with Gasteiger partial charge in [-0.2, -0.15) is 0 Å². The molecule has 0 amide bonds. The van der Waals surface area contributed by atoms with E-state index in [-0.39, 0.29) is 7.92 Å². The van der Waals surface area contributed by atoms with E-state index in [2.05, 4.69) is 31.0 Å². The van der Waals surface area contributed by atoms with E-state index in [4.69, 9.17) is 0 Å². The van der Waals surface area contributed by atoms with Crippen LogP contribution in [0, 0.1) is 0 Å². The number of nitrogens with zero attached hydrogens (tertiary/aromatic N) is 1. The number of unbranched alkanes of at least 4 members (excludes halogenated alkanes) is 8. The molecule has 1 aromatic rings. The molecule has 0 fully saturated rings. The molecule has 0 aliphatic carbocycles. The van der Waals surface area contributed by atoms with Crippen LogP contribution in [0.2, 0.25) is 0 Å². The second-order valence-corrected chi connectivity index (χ2v) is 8.44. The zero-order valence-corrected chi connectivity index (χ0v) is 15.1. The Morgan fingerprint density at radius 2 is 1.33 bits per heavy atom. The van der Waals surface area contributed by atoms with Gasteiger partial charge in [-0.1, -0.05) is 79.2 Å². The summed E-state index contributed by atoms with van der Waals surface area (Å²) in [4.78, 5) is 4.64. The molecule has 1 aromatic heterocycles. The third kappa shape index (κ3) is 9.25. The third-order valence-electron chi connectivity index (χ3n) is 4.04. The van der Waals surface area contributed by atoms with E-state index in [0.29, 0.717) is 0 Å². The van der Waals surface area contributed by atoms with Gasteiger partial charge < -0.3 is 0 Å². The van der Waals surface area contributed by atoms with Crippen LogP contribution in [0.25, 0.3) is 0 Å². The fraction of sp³-hybridized carbons (Fsp3) is 0.737. The van der Waals surface area contributed by atoms with Crippen molar-refractivity contribution in [1.29, 1.82) is 0 Å². The van der Waals surface area contributed by atoms with Crippen LogP contribution >= 0.6 is 7.92 Å². The Labute approximate surface area is 133 Å². The molecule has 1 nitrogen and oxygen atoms in total. The maximum atomic E-state index is 4.64. The van der Waals surface area contributed by atoms with Crippen LogP contribution in [0.5, 0.6) is 0 Å². The summed E-state index contributed by atoms with van der Waals surface area (Å²) in [6.07, 6.45) is 18.7. The minimum atomic E-state index is -0.00863. The summed E-state index contributed by atoms with van der Waals surface area (Å²) < 4.78 is 0. The Morgan fingerprint density at radius 1 is 0.762 bits per heavy atom. The summed E-state index contributed by atoms with van der Waals surface area (Å²) in [7, 11) is -0.00863. The molecule has 0 saturated heterocycles. The van der Waals surface area contributed by atoms with Crippen molar-refractivity contribution in [3.63, 3.8) is 0 Å². The van der Waals surface area contributed by atoms with Gasteiger partial charge in [0.1, 0.15) is 0 Å². The molecular weight excluding hydrogens is 273 g/mol. The van der Waals surface area contributed by atoms with Gasteiger partial charge in [0.05, 0.1) is 5.44 Å². The lowest BCUT2D eigenvalue weighted by molar-refractivity contribution is 0.653. The average molecular weight is 307 g/mol. The van der Waals surface area contributed by atoms with Crippen LogP contribution in [0.3, 0.4) is 0 Å². The van der Waals surface area contributed by atoms with E-state index < -0.39 is 0 Å². The molecule has 0 radical (unpaired) electrons. The van der Waals surface area contributed by atoms with Crippen molar-refractivity contribution in [2.24, 2.45) is 0 Å². The molecule has 0 bridgehead atoms. The standard InChI is InChI=1S/C19H34NP/c1-3-5-7-9-13-17-21(18-14-10-8-6-4-2)19-15-11-12-16-20-19/h11-12,15-16H,3-10,13-14,17-18H2,1-2H3. The molecule has 2 heteroatoms. The van der Waals surface area contributed by atoms with Crippen LogP contribution in [-0.2, 0) is 0 Å². The van der Waals surface area contributed by atoms with E-state index in [1.165, 1.54) is 82.0 Å². The number of aromatic nitrogens is 1. The van der Waals surface area contributed by atoms with Gasteiger partial charge in [-0.15, -0.1) is 0 Å². The van der Waals surface area contributed by atoms with Gasteiger partial charge >= 0.3 is 0 Å². The minimum Gasteiger partial charge on any atom is -0.257 e. The normalized spacial score (nSPS) is 11.2. The molecule has 0 N–H and O–H groups in total. The van der Waals surface area contributed by atoms with Crippen molar-refractivity contribution < 1.29 is 0 Å². The minimum absolute atomic E-state index is 0.00863. The second-order valence-electron chi connectivity index (χ2n) is 6.00. The van der Waals surface area contributed by atoms with Crippen molar-refractivity contribution in [3.05, 3.63) is 24.4 Å². The molecule has 0 spiro atoms. The van der Waals surface area contributed by atoms with Gasteiger partial charge in [0.2, 0.25) is 0 Å². The fourth-order valence-corrected chi connectivity index (χ4v) is 5.11. The Bertz CT molecular complexity index is 312. The van der Waals surface area contributed by atoms with Gasteiger partial charge in [0.15, 0.2) is 0 Å². The highest BCUT2D eigenvalue weighted by atomic mass is 31.1. The van der Waals surface area contributed by atoms with E-state index >= 15 is 0 Å². The van der Waals surface area contributed by atoms with E-state index in [0.717, 1.165) is 0 Å². The Kier molecular flexibility index (Phi) is 11.8. The molecular formula is C19H34NP. The maximum Gasteiger partial charge on any atom is 0.0630 e. The lowest BCUT2D eigenvalue weighted by Crippen LogP contribution is -2.10. The van der Waals surface area contributed by atoms with Gasteiger partial charge in [-0.3, -0.25) is 4.98 Å². The van der Waals surface area contributed by atoms with Crippen molar-refractivity contribution in [3.8, 4) is 0 Å². The van der Waals surface area contributed by atoms with Crippen LogP contribution < -0.4 is 5.44 Å². The van der Waals surface area contributed by atoms with Crippen molar-refractivity contribution >= 4 is 13.4 Å². The van der Waals surface area contributed by atoms with E-state index in [1.807, 2.05) is 12.3 Å². The maximum absolute atomic E-state index is 4.64.